The fourth-order valence-electron chi connectivity index (χ4n) is 10.7. The van der Waals surface area contributed by atoms with E-state index in [1.54, 1.807) is 74.1 Å². The van der Waals surface area contributed by atoms with Gasteiger partial charge >= 0.3 is 0 Å². The van der Waals surface area contributed by atoms with Crippen LogP contribution in [-0.2, 0) is 27.5 Å². The normalized spacial score (nSPS) is 16.9. The molecule has 9 aromatic rings. The van der Waals surface area contributed by atoms with Gasteiger partial charge in [-0.25, -0.2) is 9.97 Å². The number of fused-ring (bicyclic) bond motifs is 4. The molecule has 11 heterocycles. The average molecular weight is 990 g/mol. The van der Waals surface area contributed by atoms with Gasteiger partial charge in [0.25, 0.3) is 11.8 Å². The molecular weight excluding hydrogens is 937 g/mol. The number of carbonyl (C=O) groups is 4. The topological polar surface area (TPSA) is 205 Å². The fraction of sp³-hybridized carbons (Fsp3) is 0.259. The van der Waals surface area contributed by atoms with Crippen molar-refractivity contribution < 1.29 is 23.9 Å². The zero-order valence-electron chi connectivity index (χ0n) is 40.5. The number of aromatic nitrogens is 10. The van der Waals surface area contributed by atoms with E-state index < -0.39 is 6.04 Å². The van der Waals surface area contributed by atoms with Crippen molar-refractivity contribution in [1.29, 1.82) is 0 Å². The van der Waals surface area contributed by atoms with Crippen molar-refractivity contribution >= 4 is 68.6 Å². The Morgan fingerprint density at radius 1 is 0.689 bits per heavy atom. The number of carbonyl (C=O) groups excluding carboxylic acids is 4. The number of nitrogens with one attached hydrogen (secondary N) is 3. The van der Waals surface area contributed by atoms with E-state index in [1.165, 1.54) is 12.2 Å². The quantitative estimate of drug-likeness (QED) is 0.114. The van der Waals surface area contributed by atoms with Crippen LogP contribution in [0.4, 0.5) is 5.69 Å². The molecule has 4 amide bonds. The van der Waals surface area contributed by atoms with Gasteiger partial charge in [-0.1, -0.05) is 6.58 Å². The van der Waals surface area contributed by atoms with Crippen LogP contribution in [0.2, 0.25) is 0 Å². The molecule has 0 aliphatic carbocycles. The van der Waals surface area contributed by atoms with Gasteiger partial charge in [-0.3, -0.25) is 29.0 Å². The highest BCUT2D eigenvalue weighted by Crippen LogP contribution is 2.33. The summed E-state index contributed by atoms with van der Waals surface area (Å²) in [6, 6.07) is 22.6. The summed E-state index contributed by atoms with van der Waals surface area (Å²) < 4.78 is 5.12. The van der Waals surface area contributed by atoms with Crippen molar-refractivity contribution in [2.45, 2.75) is 32.0 Å². The number of piperazine rings is 2. The van der Waals surface area contributed by atoms with Crippen molar-refractivity contribution in [3.63, 3.8) is 0 Å². The van der Waals surface area contributed by atoms with E-state index in [0.29, 0.717) is 76.6 Å². The molecule has 3 aliphatic rings. The number of aromatic amines is 2. The number of H-pyrrole nitrogens is 2. The Hall–Kier alpha value is -8.88. The number of rotatable bonds is 12. The van der Waals surface area contributed by atoms with Gasteiger partial charge < -0.3 is 30.0 Å². The van der Waals surface area contributed by atoms with E-state index in [-0.39, 0.29) is 23.6 Å². The Labute approximate surface area is 424 Å². The lowest BCUT2D eigenvalue weighted by Crippen LogP contribution is -2.54. The second kappa shape index (κ2) is 19.6. The van der Waals surface area contributed by atoms with Crippen molar-refractivity contribution in [1.82, 2.24) is 69.0 Å². The number of likely N-dealkylation sites (tertiary alicyclic amines) is 1. The fourth-order valence-corrected chi connectivity index (χ4v) is 10.7. The minimum absolute atomic E-state index is 0.0208. The number of benzene rings is 1. The number of amides is 4. The third-order valence-electron chi connectivity index (χ3n) is 14.5. The van der Waals surface area contributed by atoms with E-state index in [9.17, 15) is 19.2 Å². The number of anilines is 1. The maximum Gasteiger partial charge on any atom is 0.253 e. The number of hydrogen-bond acceptors (Lipinski definition) is 11. The monoisotopic (exact) mass is 989 g/mol. The molecule has 1 atom stereocenters. The summed E-state index contributed by atoms with van der Waals surface area (Å²) in [6.45, 7) is 10.8. The van der Waals surface area contributed by atoms with E-state index >= 15 is 0 Å². The summed E-state index contributed by atoms with van der Waals surface area (Å²) in [6.07, 6.45) is 16.7. The van der Waals surface area contributed by atoms with E-state index in [1.807, 2.05) is 58.6 Å². The highest BCUT2D eigenvalue weighted by molar-refractivity contribution is 6.02. The Bertz CT molecular complexity index is 3650. The van der Waals surface area contributed by atoms with Crippen molar-refractivity contribution in [2.24, 2.45) is 0 Å². The number of pyridine rings is 2. The predicted molar refractivity (Wildman–Crippen MR) is 277 cm³/mol. The van der Waals surface area contributed by atoms with Crippen LogP contribution >= 0.6 is 0 Å². The SMILES string of the molecule is C=CC(=O)N1CCC[C@H]1C(=O)N1CCN(Cc2cc3c(-c4c[n+](/C=C/C(=O)Nc5ccc(C(=O)N6CCN(Cc7cc8c(-c9cnn%10ncccc9%10)ccnc8[nH]7)CC6)cc5)n5ncccc45)ccnc3[nH]2)CC1. The lowest BCUT2D eigenvalue weighted by atomic mass is 10.1. The summed E-state index contributed by atoms with van der Waals surface area (Å²) in [5.41, 5.74) is 10.4. The molecule has 3 aliphatic heterocycles. The van der Waals surface area contributed by atoms with Crippen LogP contribution in [0, 0.1) is 0 Å². The molecule has 0 saturated carbocycles. The smallest absolute Gasteiger partial charge is 0.253 e. The average Bonchev–Trinajstić information content (AvgIpc) is 4.30. The zero-order valence-corrected chi connectivity index (χ0v) is 40.5. The van der Waals surface area contributed by atoms with Crippen LogP contribution < -0.4 is 10.00 Å². The summed E-state index contributed by atoms with van der Waals surface area (Å²) in [7, 11) is 0. The van der Waals surface area contributed by atoms with Gasteiger partial charge in [0.05, 0.1) is 17.3 Å². The molecule has 20 heteroatoms. The molecule has 3 N–H and O–H groups in total. The summed E-state index contributed by atoms with van der Waals surface area (Å²) in [5.74, 6) is -0.557. The van der Waals surface area contributed by atoms with Crippen LogP contribution in [0.25, 0.3) is 61.6 Å². The molecule has 1 aromatic carbocycles. The first-order valence-electron chi connectivity index (χ1n) is 24.9. The molecule has 0 unspecified atom stereocenters. The minimum Gasteiger partial charge on any atom is -0.342 e. The molecule has 0 spiro atoms. The standard InChI is InChI=1S/C54H52N16O4/c1-2-50(72)68-20-5-8-48(68)54(74)66-28-24-64(25-29-66)34-39-31-43-41(14-19-56-52(43)62-39)45-35-67(70-47(45)7-4-17-58-70)21-15-49(71)60-37-11-9-36(10-12-37)53(73)65-26-22-63(23-27-65)33-38-30-42-40(13-18-55-51(42)61-38)44-32-59-69-46(44)6-3-16-57-69/h2-4,6-7,9-19,21,30-32,35,48H,1,5,8,20,22-29,33-34H2,(H2-,55,56,57,58,60,61,62,71,73)/p+1/b21-15+/t48-/m0/s1. The molecular formula is C54H53N16O4+. The summed E-state index contributed by atoms with van der Waals surface area (Å²) in [5, 5.41) is 18.2. The van der Waals surface area contributed by atoms with Gasteiger partial charge in [-0.2, -0.15) is 14.8 Å². The van der Waals surface area contributed by atoms with Crippen molar-refractivity contribution in [3.8, 4) is 22.3 Å². The Morgan fingerprint density at radius 2 is 1.32 bits per heavy atom. The van der Waals surface area contributed by atoms with Crippen LogP contribution in [0.1, 0.15) is 34.6 Å². The molecule has 0 radical (unpaired) electrons. The van der Waals surface area contributed by atoms with Crippen molar-refractivity contribution in [2.75, 3.05) is 64.2 Å². The second-order valence-electron chi connectivity index (χ2n) is 19.0. The molecule has 12 rings (SSSR count). The summed E-state index contributed by atoms with van der Waals surface area (Å²) >= 11 is 0. The van der Waals surface area contributed by atoms with Gasteiger partial charge in [-0.15, -0.1) is 4.68 Å². The number of nitrogens with zero attached hydrogens (tertiary/aromatic N) is 13. The highest BCUT2D eigenvalue weighted by atomic mass is 16.2. The van der Waals surface area contributed by atoms with E-state index in [2.05, 4.69) is 69.1 Å². The van der Waals surface area contributed by atoms with Crippen molar-refractivity contribution in [3.05, 3.63) is 146 Å². The molecule has 0 bridgehead atoms. The Morgan fingerprint density at radius 3 is 2.00 bits per heavy atom. The largest absolute Gasteiger partial charge is 0.342 e. The van der Waals surface area contributed by atoms with Crippen LogP contribution in [0.15, 0.2) is 129 Å². The molecule has 74 heavy (non-hydrogen) atoms. The van der Waals surface area contributed by atoms with Gasteiger partial charge in [0.15, 0.2) is 6.20 Å². The maximum absolute atomic E-state index is 13.6. The van der Waals surface area contributed by atoms with Crippen LogP contribution in [0.5, 0.6) is 0 Å². The van der Waals surface area contributed by atoms with Gasteiger partial charge in [0, 0.05) is 146 Å². The van der Waals surface area contributed by atoms with Crippen LogP contribution in [0.3, 0.4) is 0 Å². The predicted octanol–water partition coefficient (Wildman–Crippen LogP) is 4.64. The molecule has 8 aromatic heterocycles. The molecule has 3 saturated heterocycles. The first-order valence-corrected chi connectivity index (χ1v) is 24.9. The van der Waals surface area contributed by atoms with Crippen LogP contribution in [-0.4, -0.2) is 158 Å². The van der Waals surface area contributed by atoms with Gasteiger partial charge in [0.1, 0.15) is 35.2 Å². The molecule has 20 nitrogen and oxygen atoms in total. The third kappa shape index (κ3) is 8.93. The lowest BCUT2D eigenvalue weighted by Gasteiger charge is -2.37. The molecule has 372 valence electrons. The minimum atomic E-state index is -0.408. The maximum atomic E-state index is 13.6. The van der Waals surface area contributed by atoms with E-state index in [4.69, 9.17) is 0 Å². The lowest BCUT2D eigenvalue weighted by molar-refractivity contribution is -0.648. The van der Waals surface area contributed by atoms with Gasteiger partial charge in [-0.05, 0) is 102 Å². The first kappa shape index (κ1) is 46.2. The Kier molecular flexibility index (Phi) is 12.2. The Balaban J connectivity index is 0.653. The zero-order chi connectivity index (χ0) is 50.3. The van der Waals surface area contributed by atoms with E-state index in [0.717, 1.165) is 86.3 Å². The number of hydrogen-bond donors (Lipinski definition) is 3. The summed E-state index contributed by atoms with van der Waals surface area (Å²) in [4.78, 5) is 79.0. The molecule has 3 fully saturated rings. The highest BCUT2D eigenvalue weighted by Gasteiger charge is 2.37. The second-order valence-corrected chi connectivity index (χ2v) is 19.0. The third-order valence-corrected chi connectivity index (χ3v) is 14.5. The first-order chi connectivity index (χ1) is 36.2. The van der Waals surface area contributed by atoms with Gasteiger partial charge in [0.2, 0.25) is 11.8 Å².